The van der Waals surface area contributed by atoms with Gasteiger partial charge < -0.3 is 0 Å². The number of alkyl halides is 1. The Kier molecular flexibility index (Phi) is 3.83. The lowest BCUT2D eigenvalue weighted by molar-refractivity contribution is 0.507. The van der Waals surface area contributed by atoms with Gasteiger partial charge in [0.15, 0.2) is 11.6 Å². The van der Waals surface area contributed by atoms with Crippen molar-refractivity contribution < 1.29 is 17.2 Å². The Morgan fingerprint density at radius 2 is 1.93 bits per heavy atom. The number of rotatable bonds is 3. The van der Waals surface area contributed by atoms with Crippen molar-refractivity contribution in [2.75, 3.05) is 12.0 Å². The summed E-state index contributed by atoms with van der Waals surface area (Å²) in [4.78, 5) is -0.525. The van der Waals surface area contributed by atoms with Crippen molar-refractivity contribution in [3.8, 4) is 0 Å². The summed E-state index contributed by atoms with van der Waals surface area (Å²) in [6, 6.07) is 3.31. The van der Waals surface area contributed by atoms with E-state index >= 15 is 0 Å². The van der Waals surface area contributed by atoms with Gasteiger partial charge in [0.2, 0.25) is 0 Å². The van der Waals surface area contributed by atoms with Crippen LogP contribution < -0.4 is 0 Å². The van der Waals surface area contributed by atoms with Crippen LogP contribution in [0.25, 0.3) is 0 Å². The van der Waals surface area contributed by atoms with Gasteiger partial charge in [-0.05, 0) is 17.7 Å². The zero-order valence-corrected chi connectivity index (χ0v) is 10.3. The highest BCUT2D eigenvalue weighted by Gasteiger charge is 2.15. The maximum atomic E-state index is 12.8. The topological polar surface area (TPSA) is 34.1 Å². The highest BCUT2D eigenvalue weighted by Crippen LogP contribution is 2.25. The maximum absolute atomic E-state index is 12.8. The second kappa shape index (κ2) is 4.57. The molecule has 0 aliphatic rings. The van der Waals surface area contributed by atoms with Crippen LogP contribution >= 0.6 is 15.9 Å². The molecule has 0 aliphatic carbocycles. The van der Waals surface area contributed by atoms with E-state index in [0.717, 1.165) is 18.4 Å². The lowest BCUT2D eigenvalue weighted by Gasteiger charge is -2.08. The molecule has 1 unspecified atom stereocenters. The van der Waals surface area contributed by atoms with Gasteiger partial charge in [-0.25, -0.2) is 17.2 Å². The van der Waals surface area contributed by atoms with E-state index in [9.17, 15) is 17.2 Å². The highest BCUT2D eigenvalue weighted by atomic mass is 79.9. The Morgan fingerprint density at radius 1 is 1.33 bits per heavy atom. The smallest absolute Gasteiger partial charge is 0.159 e. The van der Waals surface area contributed by atoms with Crippen LogP contribution in [0, 0.1) is 11.6 Å². The Morgan fingerprint density at radius 3 is 2.40 bits per heavy atom. The molecule has 1 atom stereocenters. The average molecular weight is 299 g/mol. The first kappa shape index (κ1) is 12.6. The lowest BCUT2D eigenvalue weighted by atomic mass is 10.1. The van der Waals surface area contributed by atoms with Crippen molar-refractivity contribution in [1.82, 2.24) is 0 Å². The van der Waals surface area contributed by atoms with Gasteiger partial charge in [0, 0.05) is 6.26 Å². The third kappa shape index (κ3) is 3.87. The molecule has 1 rings (SSSR count). The van der Waals surface area contributed by atoms with E-state index in [1.807, 2.05) is 0 Å². The van der Waals surface area contributed by atoms with E-state index in [0.29, 0.717) is 5.56 Å². The number of hydrogen-bond donors (Lipinski definition) is 0. The molecule has 0 bridgehead atoms. The molecule has 0 heterocycles. The minimum atomic E-state index is -3.16. The summed E-state index contributed by atoms with van der Waals surface area (Å²) < 4.78 is 47.4. The van der Waals surface area contributed by atoms with Gasteiger partial charge in [-0.15, -0.1) is 0 Å². The Bertz CT molecular complexity index is 459. The molecule has 1 aromatic carbocycles. The van der Waals surface area contributed by atoms with Crippen LogP contribution in [0.4, 0.5) is 8.78 Å². The van der Waals surface area contributed by atoms with Crippen LogP contribution in [-0.2, 0) is 9.84 Å². The Labute approximate surface area is 95.4 Å². The molecular weight excluding hydrogens is 290 g/mol. The van der Waals surface area contributed by atoms with Crippen molar-refractivity contribution >= 4 is 25.8 Å². The molecule has 0 spiro atoms. The molecule has 0 saturated heterocycles. The van der Waals surface area contributed by atoms with Crippen LogP contribution in [0.5, 0.6) is 0 Å². The van der Waals surface area contributed by atoms with Crippen LogP contribution in [0.2, 0.25) is 0 Å². The summed E-state index contributed by atoms with van der Waals surface area (Å²) in [6.07, 6.45) is 1.08. The molecular formula is C9H9BrF2O2S. The minimum absolute atomic E-state index is 0.155. The summed E-state index contributed by atoms with van der Waals surface area (Å²) in [5.74, 6) is -2.08. The molecule has 0 radical (unpaired) electrons. The van der Waals surface area contributed by atoms with Gasteiger partial charge in [-0.3, -0.25) is 0 Å². The van der Waals surface area contributed by atoms with Gasteiger partial charge in [-0.1, -0.05) is 22.0 Å². The van der Waals surface area contributed by atoms with Crippen molar-refractivity contribution in [2.24, 2.45) is 0 Å². The minimum Gasteiger partial charge on any atom is -0.229 e. The highest BCUT2D eigenvalue weighted by molar-refractivity contribution is 9.09. The first-order chi connectivity index (χ1) is 6.79. The van der Waals surface area contributed by atoms with E-state index in [4.69, 9.17) is 0 Å². The molecule has 0 amide bonds. The molecule has 2 nitrogen and oxygen atoms in total. The second-order valence-electron chi connectivity index (χ2n) is 3.23. The quantitative estimate of drug-likeness (QED) is 0.803. The van der Waals surface area contributed by atoms with Gasteiger partial charge in [0.25, 0.3) is 0 Å². The second-order valence-corrected chi connectivity index (χ2v) is 6.52. The fraction of sp³-hybridized carbons (Fsp3) is 0.333. The van der Waals surface area contributed by atoms with Crippen LogP contribution in [0.1, 0.15) is 10.4 Å². The SMILES string of the molecule is CS(=O)(=O)CC(Br)c1ccc(F)c(F)c1. The zero-order chi connectivity index (χ0) is 11.6. The van der Waals surface area contributed by atoms with Crippen molar-refractivity contribution in [3.63, 3.8) is 0 Å². The molecule has 0 aliphatic heterocycles. The van der Waals surface area contributed by atoms with Crippen molar-refractivity contribution in [2.45, 2.75) is 4.83 Å². The Balaban J connectivity index is 2.92. The first-order valence-corrected chi connectivity index (χ1v) is 7.04. The van der Waals surface area contributed by atoms with E-state index in [-0.39, 0.29) is 5.75 Å². The van der Waals surface area contributed by atoms with E-state index in [1.165, 1.54) is 6.07 Å². The number of sulfone groups is 1. The zero-order valence-electron chi connectivity index (χ0n) is 7.88. The summed E-state index contributed by atoms with van der Waals surface area (Å²) in [5.41, 5.74) is 0.402. The molecule has 0 N–H and O–H groups in total. The summed E-state index contributed by atoms with van der Waals surface area (Å²) in [6.45, 7) is 0. The van der Waals surface area contributed by atoms with Gasteiger partial charge in [-0.2, -0.15) is 0 Å². The molecule has 0 fully saturated rings. The largest absolute Gasteiger partial charge is 0.229 e. The fourth-order valence-electron chi connectivity index (χ4n) is 1.07. The monoisotopic (exact) mass is 298 g/mol. The summed E-state index contributed by atoms with van der Waals surface area (Å²) in [5, 5.41) is 0. The van der Waals surface area contributed by atoms with Gasteiger partial charge in [0.1, 0.15) is 9.84 Å². The predicted octanol–water partition coefficient (Wildman–Crippen LogP) is 2.45. The molecule has 0 aromatic heterocycles. The molecule has 6 heteroatoms. The van der Waals surface area contributed by atoms with E-state index in [1.54, 1.807) is 0 Å². The van der Waals surface area contributed by atoms with E-state index < -0.39 is 26.3 Å². The molecule has 15 heavy (non-hydrogen) atoms. The van der Waals surface area contributed by atoms with Crippen LogP contribution in [-0.4, -0.2) is 20.4 Å². The fourth-order valence-corrected chi connectivity index (χ4v) is 3.52. The summed E-state index contributed by atoms with van der Waals surface area (Å²) >= 11 is 3.11. The Hall–Kier alpha value is -0.490. The molecule has 0 saturated carbocycles. The normalized spacial score (nSPS) is 13.9. The van der Waals surface area contributed by atoms with Crippen molar-refractivity contribution in [3.05, 3.63) is 35.4 Å². The first-order valence-electron chi connectivity index (χ1n) is 4.06. The third-order valence-electron chi connectivity index (χ3n) is 1.75. The number of hydrogen-bond acceptors (Lipinski definition) is 2. The lowest BCUT2D eigenvalue weighted by Crippen LogP contribution is -2.08. The summed E-state index contributed by atoms with van der Waals surface area (Å²) in [7, 11) is -3.16. The van der Waals surface area contributed by atoms with Gasteiger partial charge >= 0.3 is 0 Å². The standard InChI is InChI=1S/C9H9BrF2O2S/c1-15(13,14)5-7(10)6-2-3-8(11)9(12)4-6/h2-4,7H,5H2,1H3. The maximum Gasteiger partial charge on any atom is 0.159 e. The molecule has 84 valence electrons. The van der Waals surface area contributed by atoms with Crippen LogP contribution in [0.15, 0.2) is 18.2 Å². The van der Waals surface area contributed by atoms with Crippen LogP contribution in [0.3, 0.4) is 0 Å². The number of halogens is 3. The predicted molar refractivity (Wildman–Crippen MR) is 57.7 cm³/mol. The third-order valence-corrected chi connectivity index (χ3v) is 3.97. The van der Waals surface area contributed by atoms with Crippen molar-refractivity contribution in [1.29, 1.82) is 0 Å². The average Bonchev–Trinajstić information content (AvgIpc) is 2.06. The van der Waals surface area contributed by atoms with E-state index in [2.05, 4.69) is 15.9 Å². The van der Waals surface area contributed by atoms with Gasteiger partial charge in [0.05, 0.1) is 10.6 Å². The number of benzene rings is 1. The molecule has 1 aromatic rings.